The van der Waals surface area contributed by atoms with E-state index in [0.29, 0.717) is 11.7 Å². The second-order valence-corrected chi connectivity index (χ2v) is 5.32. The number of hydrogen-bond donors (Lipinski definition) is 1. The van der Waals surface area contributed by atoms with Gasteiger partial charge in [-0.25, -0.2) is 13.8 Å². The van der Waals surface area contributed by atoms with Crippen LogP contribution < -0.4 is 5.32 Å². The van der Waals surface area contributed by atoms with Gasteiger partial charge in [0, 0.05) is 11.9 Å². The van der Waals surface area contributed by atoms with Crippen molar-refractivity contribution in [1.29, 1.82) is 0 Å². The highest BCUT2D eigenvalue weighted by molar-refractivity contribution is 7.13. The van der Waals surface area contributed by atoms with Gasteiger partial charge < -0.3 is 4.90 Å². The van der Waals surface area contributed by atoms with Crippen molar-refractivity contribution >= 4 is 22.4 Å². The Balaban J connectivity index is 2.11. The summed E-state index contributed by atoms with van der Waals surface area (Å²) in [6.07, 6.45) is 0. The van der Waals surface area contributed by atoms with Crippen LogP contribution in [0.15, 0.2) is 23.6 Å². The van der Waals surface area contributed by atoms with Gasteiger partial charge in [-0.05, 0) is 32.3 Å². The summed E-state index contributed by atoms with van der Waals surface area (Å²) in [4.78, 5) is 18.0. The number of thiazole rings is 1. The molecule has 0 saturated heterocycles. The Morgan fingerprint density at radius 3 is 2.85 bits per heavy atom. The molecule has 1 N–H and O–H groups in total. The van der Waals surface area contributed by atoms with Gasteiger partial charge in [0.25, 0.3) is 5.91 Å². The molecule has 20 heavy (non-hydrogen) atoms. The molecule has 0 spiro atoms. The van der Waals surface area contributed by atoms with Crippen molar-refractivity contribution < 1.29 is 13.6 Å². The normalized spacial score (nSPS) is 10.8. The summed E-state index contributed by atoms with van der Waals surface area (Å²) in [6, 6.07) is 2.74. The Morgan fingerprint density at radius 1 is 1.40 bits per heavy atom. The summed E-state index contributed by atoms with van der Waals surface area (Å²) in [5.41, 5.74) is 0.462. The molecule has 1 aromatic carbocycles. The topological polar surface area (TPSA) is 45.2 Å². The summed E-state index contributed by atoms with van der Waals surface area (Å²) in [7, 11) is 3.81. The summed E-state index contributed by atoms with van der Waals surface area (Å²) >= 11 is 1.24. The molecule has 2 aromatic rings. The number of rotatable bonds is 4. The number of halogens is 2. The number of hydrogen-bond acceptors (Lipinski definition) is 4. The molecule has 1 aromatic heterocycles. The SMILES string of the molecule is CN(C)Cc1csc(NC(=O)c2cc(F)ccc2F)n1. The zero-order valence-electron chi connectivity index (χ0n) is 11.0. The Kier molecular flexibility index (Phi) is 4.41. The largest absolute Gasteiger partial charge is 0.304 e. The number of nitrogens with zero attached hydrogens (tertiary/aromatic N) is 2. The minimum atomic E-state index is -0.769. The quantitative estimate of drug-likeness (QED) is 0.944. The lowest BCUT2D eigenvalue weighted by atomic mass is 10.2. The molecule has 0 fully saturated rings. The highest BCUT2D eigenvalue weighted by Gasteiger charge is 2.14. The molecule has 0 aliphatic carbocycles. The van der Waals surface area contributed by atoms with E-state index < -0.39 is 17.5 Å². The molecule has 0 aliphatic rings. The second-order valence-electron chi connectivity index (χ2n) is 4.46. The van der Waals surface area contributed by atoms with E-state index in [4.69, 9.17) is 0 Å². The molecule has 1 heterocycles. The highest BCUT2D eigenvalue weighted by atomic mass is 32.1. The first kappa shape index (κ1) is 14.5. The number of aromatic nitrogens is 1. The van der Waals surface area contributed by atoms with Gasteiger partial charge in [0.2, 0.25) is 0 Å². The van der Waals surface area contributed by atoms with Crippen LogP contribution in [0, 0.1) is 11.6 Å². The predicted octanol–water partition coefficient (Wildman–Crippen LogP) is 2.74. The van der Waals surface area contributed by atoms with Gasteiger partial charge in [0.15, 0.2) is 5.13 Å². The van der Waals surface area contributed by atoms with Crippen LogP contribution in [0.3, 0.4) is 0 Å². The molecule has 1 amide bonds. The van der Waals surface area contributed by atoms with Gasteiger partial charge in [-0.3, -0.25) is 10.1 Å². The molecule has 0 saturated carbocycles. The summed E-state index contributed by atoms with van der Waals surface area (Å²) in [5, 5.41) is 4.62. The van der Waals surface area contributed by atoms with Crippen molar-refractivity contribution in [2.75, 3.05) is 19.4 Å². The van der Waals surface area contributed by atoms with Crippen molar-refractivity contribution in [1.82, 2.24) is 9.88 Å². The Hall–Kier alpha value is -1.86. The van der Waals surface area contributed by atoms with E-state index in [1.165, 1.54) is 11.3 Å². The van der Waals surface area contributed by atoms with Crippen LogP contribution in [0.25, 0.3) is 0 Å². The maximum atomic E-state index is 13.4. The summed E-state index contributed by atoms with van der Waals surface area (Å²) in [6.45, 7) is 0.640. The van der Waals surface area contributed by atoms with Crippen molar-refractivity contribution in [3.8, 4) is 0 Å². The number of benzene rings is 1. The first-order valence-corrected chi connectivity index (χ1v) is 6.69. The molecule has 0 bridgehead atoms. The molecular weight excluding hydrogens is 284 g/mol. The molecular formula is C13H13F2N3OS. The van der Waals surface area contributed by atoms with E-state index in [-0.39, 0.29) is 5.56 Å². The molecule has 0 aliphatic heterocycles. The van der Waals surface area contributed by atoms with Crippen LogP contribution in [0.1, 0.15) is 16.1 Å². The van der Waals surface area contributed by atoms with Gasteiger partial charge in [-0.2, -0.15) is 0 Å². The lowest BCUT2D eigenvalue weighted by molar-refractivity contribution is 0.102. The maximum absolute atomic E-state index is 13.4. The van der Waals surface area contributed by atoms with Crippen LogP contribution in [-0.4, -0.2) is 29.9 Å². The third-order valence-electron chi connectivity index (χ3n) is 2.42. The highest BCUT2D eigenvalue weighted by Crippen LogP contribution is 2.18. The van der Waals surface area contributed by atoms with E-state index in [0.717, 1.165) is 23.9 Å². The first-order chi connectivity index (χ1) is 9.45. The smallest absolute Gasteiger partial charge is 0.260 e. The zero-order valence-corrected chi connectivity index (χ0v) is 11.8. The van der Waals surface area contributed by atoms with E-state index in [1.54, 1.807) is 5.38 Å². The average molecular weight is 297 g/mol. The third-order valence-corrected chi connectivity index (χ3v) is 3.23. The second kappa shape index (κ2) is 6.06. The number of nitrogens with one attached hydrogen (secondary N) is 1. The van der Waals surface area contributed by atoms with Crippen molar-refractivity contribution in [3.63, 3.8) is 0 Å². The van der Waals surface area contributed by atoms with E-state index in [1.807, 2.05) is 19.0 Å². The van der Waals surface area contributed by atoms with Crippen molar-refractivity contribution in [2.45, 2.75) is 6.54 Å². The Morgan fingerprint density at radius 2 is 2.15 bits per heavy atom. The van der Waals surface area contributed by atoms with Gasteiger partial charge >= 0.3 is 0 Å². The summed E-state index contributed by atoms with van der Waals surface area (Å²) in [5.74, 6) is -2.15. The van der Waals surface area contributed by atoms with Gasteiger partial charge in [-0.1, -0.05) is 0 Å². The maximum Gasteiger partial charge on any atom is 0.260 e. The standard InChI is InChI=1S/C13H13F2N3OS/c1-18(2)6-9-7-20-13(16-9)17-12(19)10-5-8(14)3-4-11(10)15/h3-5,7H,6H2,1-2H3,(H,16,17,19). The average Bonchev–Trinajstić information content (AvgIpc) is 2.78. The molecule has 7 heteroatoms. The lowest BCUT2D eigenvalue weighted by Gasteiger charge is -2.06. The van der Waals surface area contributed by atoms with E-state index >= 15 is 0 Å². The molecule has 0 unspecified atom stereocenters. The van der Waals surface area contributed by atoms with Crippen LogP contribution in [0.2, 0.25) is 0 Å². The zero-order chi connectivity index (χ0) is 14.7. The van der Waals surface area contributed by atoms with Gasteiger partial charge in [0.05, 0.1) is 11.3 Å². The van der Waals surface area contributed by atoms with E-state index in [2.05, 4.69) is 10.3 Å². The van der Waals surface area contributed by atoms with Crippen molar-refractivity contribution in [2.24, 2.45) is 0 Å². The van der Waals surface area contributed by atoms with Crippen LogP contribution in [0.4, 0.5) is 13.9 Å². The molecule has 0 atom stereocenters. The van der Waals surface area contributed by atoms with Crippen LogP contribution in [0.5, 0.6) is 0 Å². The van der Waals surface area contributed by atoms with Crippen LogP contribution >= 0.6 is 11.3 Å². The minimum absolute atomic E-state index is 0.339. The fraction of sp³-hybridized carbons (Fsp3) is 0.231. The predicted molar refractivity (Wildman–Crippen MR) is 73.8 cm³/mol. The van der Waals surface area contributed by atoms with Gasteiger partial charge in [0.1, 0.15) is 11.6 Å². The van der Waals surface area contributed by atoms with Gasteiger partial charge in [-0.15, -0.1) is 11.3 Å². The fourth-order valence-electron chi connectivity index (χ4n) is 1.60. The number of anilines is 1. The Bertz CT molecular complexity index is 628. The van der Waals surface area contributed by atoms with Crippen LogP contribution in [-0.2, 0) is 6.54 Å². The molecule has 4 nitrogen and oxygen atoms in total. The monoisotopic (exact) mass is 297 g/mol. The number of amides is 1. The fourth-order valence-corrected chi connectivity index (χ4v) is 2.29. The van der Waals surface area contributed by atoms with Crippen molar-refractivity contribution in [3.05, 3.63) is 46.5 Å². The van der Waals surface area contributed by atoms with E-state index in [9.17, 15) is 13.6 Å². The third kappa shape index (κ3) is 3.58. The minimum Gasteiger partial charge on any atom is -0.304 e. The lowest BCUT2D eigenvalue weighted by Crippen LogP contribution is -2.14. The molecule has 2 rings (SSSR count). The Labute approximate surface area is 119 Å². The number of carbonyl (C=O) groups excluding carboxylic acids is 1. The molecule has 106 valence electrons. The summed E-state index contributed by atoms with van der Waals surface area (Å²) < 4.78 is 26.5. The number of carbonyl (C=O) groups is 1. The first-order valence-electron chi connectivity index (χ1n) is 5.81. The molecule has 0 radical (unpaired) electrons.